The smallest absolute Gasteiger partial charge is 0.312 e. The minimum absolute atomic E-state index is 0.248. The number of rotatable bonds is 3. The van der Waals surface area contributed by atoms with E-state index < -0.39 is 12.4 Å². The lowest BCUT2D eigenvalue weighted by Crippen LogP contribution is -2.38. The number of carboxylic acid groups (broad SMARTS) is 1. The van der Waals surface area contributed by atoms with Crippen LogP contribution in [0.15, 0.2) is 24.3 Å². The van der Waals surface area contributed by atoms with Crippen molar-refractivity contribution >= 4 is 11.9 Å². The average Bonchev–Trinajstić information content (AvgIpc) is 2.39. The molecule has 0 unspecified atom stereocenters. The van der Waals surface area contributed by atoms with Crippen LogP contribution >= 0.6 is 0 Å². The molecule has 1 aliphatic heterocycles. The molecule has 0 aliphatic carbocycles. The maximum Gasteiger partial charge on any atom is 0.312 e. The molecule has 1 heterocycles. The summed E-state index contributed by atoms with van der Waals surface area (Å²) in [5.41, 5.74) is 1.16. The van der Waals surface area contributed by atoms with Gasteiger partial charge in [-0.1, -0.05) is 12.1 Å². The molecule has 5 heteroatoms. The van der Waals surface area contributed by atoms with Crippen LogP contribution in [0.1, 0.15) is 30.7 Å². The number of hydrogen-bond acceptors (Lipinski definition) is 3. The highest BCUT2D eigenvalue weighted by Gasteiger charge is 2.24. The van der Waals surface area contributed by atoms with Gasteiger partial charge in [0.25, 0.3) is 0 Å². The Labute approximate surface area is 111 Å². The Morgan fingerprint density at radius 1 is 1.16 bits per heavy atom. The number of phenolic OH excluding ortho intramolecular Hbond substituents is 1. The number of benzene rings is 1. The lowest BCUT2D eigenvalue weighted by Gasteiger charge is -2.32. The van der Waals surface area contributed by atoms with Gasteiger partial charge in [-0.05, 0) is 36.5 Å². The zero-order valence-corrected chi connectivity index (χ0v) is 10.6. The third-order valence-electron chi connectivity index (χ3n) is 3.51. The number of nitrogens with zero attached hydrogens (tertiary/aromatic N) is 1. The standard InChI is InChI=1S/C14H17NO4/c16-12-3-1-10(2-4-12)11-5-7-15(8-6-11)13(17)9-14(18)19/h1-4,11,16H,5-9H2,(H,18,19). The van der Waals surface area contributed by atoms with Crippen molar-refractivity contribution in [2.75, 3.05) is 13.1 Å². The first kappa shape index (κ1) is 13.4. The van der Waals surface area contributed by atoms with Crippen LogP contribution in [-0.4, -0.2) is 40.1 Å². The number of likely N-dealkylation sites (tertiary alicyclic amines) is 1. The molecule has 0 radical (unpaired) electrons. The third kappa shape index (κ3) is 3.47. The van der Waals surface area contributed by atoms with E-state index in [1.165, 1.54) is 0 Å². The van der Waals surface area contributed by atoms with Crippen LogP contribution in [0.3, 0.4) is 0 Å². The van der Waals surface area contributed by atoms with Crippen molar-refractivity contribution in [1.82, 2.24) is 4.90 Å². The fourth-order valence-corrected chi connectivity index (χ4v) is 2.45. The molecule has 1 amide bonds. The molecule has 5 nitrogen and oxygen atoms in total. The summed E-state index contributed by atoms with van der Waals surface area (Å²) in [7, 11) is 0. The summed E-state index contributed by atoms with van der Waals surface area (Å²) in [6, 6.07) is 7.12. The van der Waals surface area contributed by atoms with E-state index in [2.05, 4.69) is 0 Å². The fraction of sp³-hybridized carbons (Fsp3) is 0.429. The molecule has 2 rings (SSSR count). The highest BCUT2D eigenvalue weighted by Crippen LogP contribution is 2.29. The first-order chi connectivity index (χ1) is 9.06. The molecule has 0 atom stereocenters. The Balaban J connectivity index is 1.90. The fourth-order valence-electron chi connectivity index (χ4n) is 2.45. The van der Waals surface area contributed by atoms with E-state index in [-0.39, 0.29) is 11.7 Å². The van der Waals surface area contributed by atoms with Gasteiger partial charge in [0.05, 0.1) is 0 Å². The lowest BCUT2D eigenvalue weighted by molar-refractivity contribution is -0.144. The van der Waals surface area contributed by atoms with Gasteiger partial charge in [0.1, 0.15) is 12.2 Å². The van der Waals surface area contributed by atoms with E-state index in [0.29, 0.717) is 19.0 Å². The Bertz CT molecular complexity index is 461. The van der Waals surface area contributed by atoms with Crippen LogP contribution in [0.2, 0.25) is 0 Å². The SMILES string of the molecule is O=C(O)CC(=O)N1CCC(c2ccc(O)cc2)CC1. The van der Waals surface area contributed by atoms with Crippen LogP contribution in [0.25, 0.3) is 0 Å². The summed E-state index contributed by atoms with van der Waals surface area (Å²) in [6.45, 7) is 1.19. The van der Waals surface area contributed by atoms with Gasteiger partial charge in [0.2, 0.25) is 5.91 Å². The van der Waals surface area contributed by atoms with E-state index in [4.69, 9.17) is 5.11 Å². The van der Waals surface area contributed by atoms with Gasteiger partial charge in [-0.2, -0.15) is 0 Å². The van der Waals surface area contributed by atoms with Crippen LogP contribution in [-0.2, 0) is 9.59 Å². The second-order valence-corrected chi connectivity index (χ2v) is 4.82. The van der Waals surface area contributed by atoms with Gasteiger partial charge >= 0.3 is 5.97 Å². The largest absolute Gasteiger partial charge is 0.508 e. The Kier molecular flexibility index (Phi) is 4.04. The number of amides is 1. The second-order valence-electron chi connectivity index (χ2n) is 4.82. The van der Waals surface area contributed by atoms with Crippen molar-refractivity contribution < 1.29 is 19.8 Å². The molecule has 1 aromatic rings. The molecule has 0 saturated carbocycles. The first-order valence-corrected chi connectivity index (χ1v) is 6.35. The number of hydrogen-bond donors (Lipinski definition) is 2. The van der Waals surface area contributed by atoms with Gasteiger partial charge in [-0.25, -0.2) is 0 Å². The number of aliphatic carboxylic acids is 1. The Morgan fingerprint density at radius 2 is 1.74 bits per heavy atom. The predicted octanol–water partition coefficient (Wildman–Crippen LogP) is 1.57. The van der Waals surface area contributed by atoms with Crippen LogP contribution in [0.5, 0.6) is 5.75 Å². The summed E-state index contributed by atoms with van der Waals surface area (Å²) in [5.74, 6) is -0.769. The molecule has 102 valence electrons. The van der Waals surface area contributed by atoms with E-state index in [1.807, 2.05) is 12.1 Å². The number of aromatic hydroxyl groups is 1. The van der Waals surface area contributed by atoms with Crippen molar-refractivity contribution in [3.05, 3.63) is 29.8 Å². The number of phenols is 1. The molecule has 0 aromatic heterocycles. The molecule has 1 aliphatic rings. The van der Waals surface area contributed by atoms with Crippen molar-refractivity contribution in [2.24, 2.45) is 0 Å². The van der Waals surface area contributed by atoms with E-state index in [0.717, 1.165) is 18.4 Å². The minimum atomic E-state index is -1.08. The van der Waals surface area contributed by atoms with E-state index in [9.17, 15) is 14.7 Å². The molecule has 1 aromatic carbocycles. The number of carbonyl (C=O) groups excluding carboxylic acids is 1. The van der Waals surface area contributed by atoms with Crippen LogP contribution in [0, 0.1) is 0 Å². The number of carboxylic acids is 1. The summed E-state index contributed by atoms with van der Waals surface area (Å²) in [6.07, 6.45) is 1.23. The molecular weight excluding hydrogens is 246 g/mol. The van der Waals surface area contributed by atoms with Gasteiger partial charge in [0, 0.05) is 13.1 Å². The highest BCUT2D eigenvalue weighted by molar-refractivity contribution is 5.93. The van der Waals surface area contributed by atoms with Gasteiger partial charge in [-0.3, -0.25) is 9.59 Å². The summed E-state index contributed by atoms with van der Waals surface area (Å²) in [5, 5.41) is 17.8. The minimum Gasteiger partial charge on any atom is -0.508 e. The number of carbonyl (C=O) groups is 2. The highest BCUT2D eigenvalue weighted by atomic mass is 16.4. The number of piperidine rings is 1. The molecular formula is C14H17NO4. The summed E-state index contributed by atoms with van der Waals surface area (Å²) < 4.78 is 0. The normalized spacial score (nSPS) is 16.3. The van der Waals surface area contributed by atoms with Crippen molar-refractivity contribution in [2.45, 2.75) is 25.2 Å². The van der Waals surface area contributed by atoms with Crippen molar-refractivity contribution in [1.29, 1.82) is 0 Å². The maximum absolute atomic E-state index is 11.6. The van der Waals surface area contributed by atoms with Crippen molar-refractivity contribution in [3.63, 3.8) is 0 Å². The first-order valence-electron chi connectivity index (χ1n) is 6.35. The Hall–Kier alpha value is -2.04. The zero-order chi connectivity index (χ0) is 13.8. The maximum atomic E-state index is 11.6. The van der Waals surface area contributed by atoms with Gasteiger partial charge in [0.15, 0.2) is 0 Å². The summed E-state index contributed by atoms with van der Waals surface area (Å²) in [4.78, 5) is 23.7. The Morgan fingerprint density at radius 3 is 2.26 bits per heavy atom. The molecule has 19 heavy (non-hydrogen) atoms. The second kappa shape index (κ2) is 5.73. The van der Waals surface area contributed by atoms with Crippen LogP contribution in [0.4, 0.5) is 0 Å². The predicted molar refractivity (Wildman–Crippen MR) is 68.9 cm³/mol. The van der Waals surface area contributed by atoms with Gasteiger partial charge in [-0.15, -0.1) is 0 Å². The lowest BCUT2D eigenvalue weighted by atomic mass is 9.89. The van der Waals surface area contributed by atoms with Crippen molar-refractivity contribution in [3.8, 4) is 5.75 Å². The molecule has 0 spiro atoms. The monoisotopic (exact) mass is 263 g/mol. The molecule has 1 saturated heterocycles. The zero-order valence-electron chi connectivity index (χ0n) is 10.6. The molecule has 1 fully saturated rings. The molecule has 2 N–H and O–H groups in total. The quantitative estimate of drug-likeness (QED) is 0.811. The van der Waals surface area contributed by atoms with E-state index >= 15 is 0 Å². The summed E-state index contributed by atoms with van der Waals surface area (Å²) >= 11 is 0. The van der Waals surface area contributed by atoms with Gasteiger partial charge < -0.3 is 15.1 Å². The van der Waals surface area contributed by atoms with Crippen LogP contribution < -0.4 is 0 Å². The van der Waals surface area contributed by atoms with E-state index in [1.54, 1.807) is 17.0 Å². The third-order valence-corrected chi connectivity index (χ3v) is 3.51. The average molecular weight is 263 g/mol. The topological polar surface area (TPSA) is 77.8 Å². The molecule has 0 bridgehead atoms.